The zero-order chi connectivity index (χ0) is 18.5. The number of rotatable bonds is 6. The summed E-state index contributed by atoms with van der Waals surface area (Å²) < 4.78 is 12.7. The first kappa shape index (κ1) is 18.3. The third-order valence-electron chi connectivity index (χ3n) is 4.76. The molecule has 1 amide bonds. The maximum Gasteiger partial charge on any atom is 0.274 e. The number of ether oxygens (including phenoxy) is 2. The van der Waals surface area contributed by atoms with Gasteiger partial charge in [0.1, 0.15) is 11.5 Å². The first-order chi connectivity index (χ1) is 12.7. The van der Waals surface area contributed by atoms with E-state index in [9.17, 15) is 4.79 Å². The standard InChI is InChI=1S/C20H27N3O3/c1-4-10-23-18(16-9-8-15(25-2)13-19(16)26-3)14-17(21-23)20(24)22-11-6-5-7-12-22/h8-9,13-14H,4-7,10-12H2,1-3H3. The Hall–Kier alpha value is -2.50. The lowest BCUT2D eigenvalue weighted by atomic mass is 10.1. The fourth-order valence-corrected chi connectivity index (χ4v) is 3.39. The summed E-state index contributed by atoms with van der Waals surface area (Å²) >= 11 is 0. The van der Waals surface area contributed by atoms with E-state index in [1.165, 1.54) is 6.42 Å². The number of carbonyl (C=O) groups is 1. The fourth-order valence-electron chi connectivity index (χ4n) is 3.39. The first-order valence-corrected chi connectivity index (χ1v) is 9.27. The lowest BCUT2D eigenvalue weighted by Gasteiger charge is -2.25. The molecule has 0 aliphatic carbocycles. The number of amides is 1. The van der Waals surface area contributed by atoms with Crippen LogP contribution in [0.3, 0.4) is 0 Å². The van der Waals surface area contributed by atoms with Crippen LogP contribution in [0.5, 0.6) is 11.5 Å². The molecular weight excluding hydrogens is 330 g/mol. The smallest absolute Gasteiger partial charge is 0.274 e. The highest BCUT2D eigenvalue weighted by molar-refractivity contribution is 5.93. The second-order valence-electron chi connectivity index (χ2n) is 6.56. The molecule has 1 fully saturated rings. The number of piperidine rings is 1. The second kappa shape index (κ2) is 8.25. The van der Waals surface area contributed by atoms with E-state index in [-0.39, 0.29) is 5.91 Å². The van der Waals surface area contributed by atoms with Crippen LogP contribution in [0.15, 0.2) is 24.3 Å². The highest BCUT2D eigenvalue weighted by atomic mass is 16.5. The Balaban J connectivity index is 1.98. The predicted molar refractivity (Wildman–Crippen MR) is 101 cm³/mol. The number of hydrogen-bond acceptors (Lipinski definition) is 4. The Kier molecular flexibility index (Phi) is 5.81. The number of aryl methyl sites for hydroxylation is 1. The molecular formula is C20H27N3O3. The predicted octanol–water partition coefficient (Wildman–Crippen LogP) is 3.60. The average Bonchev–Trinajstić information content (AvgIpc) is 3.11. The van der Waals surface area contributed by atoms with Crippen LogP contribution in [0.1, 0.15) is 43.1 Å². The zero-order valence-electron chi connectivity index (χ0n) is 15.8. The molecule has 0 saturated carbocycles. The van der Waals surface area contributed by atoms with Crippen molar-refractivity contribution in [1.82, 2.24) is 14.7 Å². The number of methoxy groups -OCH3 is 2. The SMILES string of the molecule is CCCn1nc(C(=O)N2CCCCC2)cc1-c1ccc(OC)cc1OC. The maximum atomic E-state index is 12.9. The number of aromatic nitrogens is 2. The summed E-state index contributed by atoms with van der Waals surface area (Å²) in [5, 5.41) is 4.61. The Morgan fingerprint density at radius 3 is 2.54 bits per heavy atom. The van der Waals surface area contributed by atoms with E-state index >= 15 is 0 Å². The van der Waals surface area contributed by atoms with Gasteiger partial charge in [-0.05, 0) is 43.9 Å². The molecule has 1 saturated heterocycles. The van der Waals surface area contributed by atoms with Crippen LogP contribution in [0, 0.1) is 0 Å². The van der Waals surface area contributed by atoms with Crippen LogP contribution in [0.2, 0.25) is 0 Å². The molecule has 0 spiro atoms. The van der Waals surface area contributed by atoms with Gasteiger partial charge in [0.05, 0.1) is 19.9 Å². The van der Waals surface area contributed by atoms with E-state index in [4.69, 9.17) is 9.47 Å². The van der Waals surface area contributed by atoms with Gasteiger partial charge in [-0.3, -0.25) is 9.48 Å². The van der Waals surface area contributed by atoms with Gasteiger partial charge in [0.2, 0.25) is 0 Å². The molecule has 26 heavy (non-hydrogen) atoms. The van der Waals surface area contributed by atoms with Crippen molar-refractivity contribution in [3.05, 3.63) is 30.0 Å². The normalized spacial score (nSPS) is 14.3. The van der Waals surface area contributed by atoms with E-state index in [0.29, 0.717) is 11.4 Å². The van der Waals surface area contributed by atoms with Gasteiger partial charge in [-0.15, -0.1) is 0 Å². The molecule has 1 aliphatic heterocycles. The van der Waals surface area contributed by atoms with Crippen LogP contribution >= 0.6 is 0 Å². The summed E-state index contributed by atoms with van der Waals surface area (Å²) in [6.07, 6.45) is 4.27. The van der Waals surface area contributed by atoms with Crippen molar-refractivity contribution in [3.8, 4) is 22.8 Å². The van der Waals surface area contributed by atoms with Crippen LogP contribution in [-0.2, 0) is 6.54 Å². The van der Waals surface area contributed by atoms with Crippen molar-refractivity contribution in [2.75, 3.05) is 27.3 Å². The summed E-state index contributed by atoms with van der Waals surface area (Å²) in [6.45, 7) is 4.49. The molecule has 0 bridgehead atoms. The molecule has 3 rings (SSSR count). The number of hydrogen-bond donors (Lipinski definition) is 0. The minimum absolute atomic E-state index is 0.0216. The molecule has 6 heteroatoms. The quantitative estimate of drug-likeness (QED) is 0.793. The largest absolute Gasteiger partial charge is 0.497 e. The third kappa shape index (κ3) is 3.69. The molecule has 2 heterocycles. The molecule has 1 aromatic heterocycles. The Bertz CT molecular complexity index is 764. The van der Waals surface area contributed by atoms with Crippen molar-refractivity contribution >= 4 is 5.91 Å². The average molecular weight is 357 g/mol. The number of benzene rings is 1. The van der Waals surface area contributed by atoms with Gasteiger partial charge >= 0.3 is 0 Å². The lowest BCUT2D eigenvalue weighted by Crippen LogP contribution is -2.35. The molecule has 1 aliphatic rings. The van der Waals surface area contributed by atoms with Gasteiger partial charge in [0.15, 0.2) is 5.69 Å². The highest BCUT2D eigenvalue weighted by Gasteiger charge is 2.23. The van der Waals surface area contributed by atoms with Crippen molar-refractivity contribution in [2.24, 2.45) is 0 Å². The molecule has 0 radical (unpaired) electrons. The number of carbonyl (C=O) groups excluding carboxylic acids is 1. The molecule has 0 N–H and O–H groups in total. The van der Waals surface area contributed by atoms with Gasteiger partial charge in [0, 0.05) is 31.3 Å². The summed E-state index contributed by atoms with van der Waals surface area (Å²) in [4.78, 5) is 14.8. The fraction of sp³-hybridized carbons (Fsp3) is 0.500. The van der Waals surface area contributed by atoms with Gasteiger partial charge in [-0.2, -0.15) is 5.10 Å². The van der Waals surface area contributed by atoms with Gasteiger partial charge in [0.25, 0.3) is 5.91 Å². The third-order valence-corrected chi connectivity index (χ3v) is 4.76. The zero-order valence-corrected chi connectivity index (χ0v) is 15.8. The molecule has 0 atom stereocenters. The van der Waals surface area contributed by atoms with Crippen molar-refractivity contribution in [1.29, 1.82) is 0 Å². The van der Waals surface area contributed by atoms with Crippen LogP contribution < -0.4 is 9.47 Å². The molecule has 0 unspecified atom stereocenters. The highest BCUT2D eigenvalue weighted by Crippen LogP contribution is 2.34. The molecule has 1 aromatic carbocycles. The summed E-state index contributed by atoms with van der Waals surface area (Å²) in [5.41, 5.74) is 2.31. The maximum absolute atomic E-state index is 12.9. The minimum Gasteiger partial charge on any atom is -0.497 e. The molecule has 6 nitrogen and oxygen atoms in total. The van der Waals surface area contributed by atoms with Crippen molar-refractivity contribution in [2.45, 2.75) is 39.2 Å². The first-order valence-electron chi connectivity index (χ1n) is 9.27. The van der Waals surface area contributed by atoms with Crippen molar-refractivity contribution < 1.29 is 14.3 Å². The Morgan fingerprint density at radius 2 is 1.88 bits per heavy atom. The Morgan fingerprint density at radius 1 is 1.12 bits per heavy atom. The second-order valence-corrected chi connectivity index (χ2v) is 6.56. The number of likely N-dealkylation sites (tertiary alicyclic amines) is 1. The summed E-state index contributed by atoms with van der Waals surface area (Å²) in [7, 11) is 3.27. The Labute approximate surface area is 154 Å². The molecule has 140 valence electrons. The van der Waals surface area contributed by atoms with E-state index in [1.54, 1.807) is 14.2 Å². The lowest BCUT2D eigenvalue weighted by molar-refractivity contribution is 0.0717. The number of nitrogens with zero attached hydrogens (tertiary/aromatic N) is 3. The van der Waals surface area contributed by atoms with E-state index in [2.05, 4.69) is 12.0 Å². The van der Waals surface area contributed by atoms with Gasteiger partial charge < -0.3 is 14.4 Å². The minimum atomic E-state index is 0.0216. The van der Waals surface area contributed by atoms with E-state index < -0.39 is 0 Å². The van der Waals surface area contributed by atoms with Gasteiger partial charge in [-0.1, -0.05) is 6.92 Å². The monoisotopic (exact) mass is 357 g/mol. The van der Waals surface area contributed by atoms with Crippen LogP contribution in [0.4, 0.5) is 0 Å². The summed E-state index contributed by atoms with van der Waals surface area (Å²) in [5.74, 6) is 1.46. The topological polar surface area (TPSA) is 56.6 Å². The van der Waals surface area contributed by atoms with Crippen molar-refractivity contribution in [3.63, 3.8) is 0 Å². The van der Waals surface area contributed by atoms with Crippen LogP contribution in [0.25, 0.3) is 11.3 Å². The summed E-state index contributed by atoms with van der Waals surface area (Å²) in [6, 6.07) is 7.59. The molecule has 2 aromatic rings. The van der Waals surface area contributed by atoms with E-state index in [0.717, 1.165) is 55.9 Å². The van der Waals surface area contributed by atoms with Crippen LogP contribution in [-0.4, -0.2) is 47.9 Å². The van der Waals surface area contributed by atoms with Gasteiger partial charge in [-0.25, -0.2) is 0 Å². The van der Waals surface area contributed by atoms with E-state index in [1.807, 2.05) is 33.8 Å².